The number of rotatable bonds is 2. The summed E-state index contributed by atoms with van der Waals surface area (Å²) in [5, 5.41) is 11.7. The van der Waals surface area contributed by atoms with Crippen LogP contribution in [-0.2, 0) is 9.59 Å². The van der Waals surface area contributed by atoms with Crippen molar-refractivity contribution in [1.29, 1.82) is 0 Å². The molecule has 6 nitrogen and oxygen atoms in total. The molecule has 2 heterocycles. The fourth-order valence-corrected chi connectivity index (χ4v) is 3.52. The van der Waals surface area contributed by atoms with Crippen LogP contribution in [-0.4, -0.2) is 40.6 Å². The van der Waals surface area contributed by atoms with Crippen molar-refractivity contribution in [2.75, 3.05) is 17.2 Å². The van der Waals surface area contributed by atoms with Gasteiger partial charge in [-0.25, -0.2) is 0 Å². The second-order valence-corrected chi connectivity index (χ2v) is 6.02. The van der Waals surface area contributed by atoms with E-state index in [0.717, 1.165) is 11.8 Å². The number of carboxylic acids is 1. The summed E-state index contributed by atoms with van der Waals surface area (Å²) in [6.07, 6.45) is 0.381. The molecule has 2 aliphatic rings. The Morgan fingerprint density at radius 2 is 2.10 bits per heavy atom. The van der Waals surface area contributed by atoms with Crippen molar-refractivity contribution in [2.24, 2.45) is 0 Å². The van der Waals surface area contributed by atoms with E-state index in [1.54, 1.807) is 29.2 Å². The molecule has 0 saturated carbocycles. The minimum Gasteiger partial charge on any atom is -0.481 e. The number of carbonyl (C=O) groups is 3. The number of carbonyl (C=O) groups excluding carboxylic acids is 2. The van der Waals surface area contributed by atoms with Gasteiger partial charge in [0.25, 0.3) is 5.24 Å². The first-order valence-corrected chi connectivity index (χ1v) is 7.63. The molecule has 1 aromatic carbocycles. The second kappa shape index (κ2) is 5.40. The maximum absolute atomic E-state index is 12.5. The van der Waals surface area contributed by atoms with E-state index in [-0.39, 0.29) is 11.1 Å². The van der Waals surface area contributed by atoms with Gasteiger partial charge in [-0.15, -0.1) is 0 Å². The number of anilines is 1. The van der Waals surface area contributed by atoms with Gasteiger partial charge in [-0.3, -0.25) is 14.4 Å². The predicted octanol–water partition coefficient (Wildman–Crippen LogP) is 1.42. The van der Waals surface area contributed by atoms with Gasteiger partial charge in [0, 0.05) is 18.0 Å². The molecule has 2 N–H and O–H groups in total. The van der Waals surface area contributed by atoms with Gasteiger partial charge < -0.3 is 15.3 Å². The Labute approximate surface area is 125 Å². The number of thioether (sulfide) groups is 1. The number of aliphatic carboxylic acids is 1. The van der Waals surface area contributed by atoms with Crippen LogP contribution in [0.3, 0.4) is 0 Å². The molecule has 2 aliphatic heterocycles. The number of hydrogen-bond acceptors (Lipinski definition) is 4. The van der Waals surface area contributed by atoms with Crippen LogP contribution >= 0.6 is 11.8 Å². The number of para-hydroxylation sites is 1. The molecule has 0 spiro atoms. The minimum atomic E-state index is -0.876. The van der Waals surface area contributed by atoms with E-state index in [9.17, 15) is 19.5 Å². The standard InChI is InChI=1S/C14H14N2O4S/c17-12(10-7-21-14(20)15-10)16-6-5-9(13(18)19)8-3-1-2-4-11(8)16/h1-4,9-10H,5-7H2,(H,15,20)(H,18,19). The molecular weight excluding hydrogens is 292 g/mol. The van der Waals surface area contributed by atoms with Gasteiger partial charge in [0.1, 0.15) is 6.04 Å². The van der Waals surface area contributed by atoms with Crippen LogP contribution < -0.4 is 10.2 Å². The largest absolute Gasteiger partial charge is 0.481 e. The maximum Gasteiger partial charge on any atom is 0.311 e. The lowest BCUT2D eigenvalue weighted by Crippen LogP contribution is -2.48. The van der Waals surface area contributed by atoms with Gasteiger partial charge in [0.15, 0.2) is 0 Å². The van der Waals surface area contributed by atoms with Gasteiger partial charge in [0.2, 0.25) is 5.91 Å². The number of hydrogen-bond donors (Lipinski definition) is 2. The third-order valence-electron chi connectivity index (χ3n) is 3.78. The highest BCUT2D eigenvalue weighted by Crippen LogP contribution is 2.36. The van der Waals surface area contributed by atoms with Crippen LogP contribution in [0.25, 0.3) is 0 Å². The lowest BCUT2D eigenvalue weighted by Gasteiger charge is -2.33. The van der Waals surface area contributed by atoms with Crippen molar-refractivity contribution in [1.82, 2.24) is 5.32 Å². The third-order valence-corrected chi connectivity index (χ3v) is 4.66. The first-order chi connectivity index (χ1) is 10.1. The van der Waals surface area contributed by atoms with Crippen LogP contribution in [0.4, 0.5) is 10.5 Å². The topological polar surface area (TPSA) is 86.7 Å². The Morgan fingerprint density at radius 3 is 2.76 bits per heavy atom. The number of amides is 2. The molecule has 0 bridgehead atoms. The van der Waals surface area contributed by atoms with Crippen molar-refractivity contribution < 1.29 is 19.5 Å². The van der Waals surface area contributed by atoms with Crippen molar-refractivity contribution in [3.05, 3.63) is 29.8 Å². The lowest BCUT2D eigenvalue weighted by atomic mass is 9.89. The number of nitrogens with one attached hydrogen (secondary N) is 1. The number of benzene rings is 1. The normalized spacial score (nSPS) is 24.4. The number of fused-ring (bicyclic) bond motifs is 1. The van der Waals surface area contributed by atoms with Crippen LogP contribution in [0.1, 0.15) is 17.9 Å². The second-order valence-electron chi connectivity index (χ2n) is 5.02. The monoisotopic (exact) mass is 306 g/mol. The molecule has 2 atom stereocenters. The average Bonchev–Trinajstić information content (AvgIpc) is 2.91. The quantitative estimate of drug-likeness (QED) is 0.863. The molecule has 0 aromatic heterocycles. The molecule has 2 unspecified atom stereocenters. The number of nitrogens with zero attached hydrogens (tertiary/aromatic N) is 1. The van der Waals surface area contributed by atoms with E-state index >= 15 is 0 Å². The van der Waals surface area contributed by atoms with Gasteiger partial charge in [-0.05, 0) is 18.1 Å². The van der Waals surface area contributed by atoms with Crippen LogP contribution in [0.5, 0.6) is 0 Å². The first kappa shape index (κ1) is 13.9. The highest BCUT2D eigenvalue weighted by atomic mass is 32.2. The van der Waals surface area contributed by atoms with Crippen molar-refractivity contribution in [3.63, 3.8) is 0 Å². The SMILES string of the molecule is O=C1NC(C(=O)N2CCC(C(=O)O)c3ccccc32)CS1. The van der Waals surface area contributed by atoms with Crippen LogP contribution in [0.15, 0.2) is 24.3 Å². The summed E-state index contributed by atoms with van der Waals surface area (Å²) in [6, 6.07) is 6.53. The van der Waals surface area contributed by atoms with Crippen molar-refractivity contribution in [2.45, 2.75) is 18.4 Å². The lowest BCUT2D eigenvalue weighted by molar-refractivity contribution is -0.139. The summed E-state index contributed by atoms with van der Waals surface area (Å²) in [4.78, 5) is 36.7. The van der Waals surface area contributed by atoms with E-state index < -0.39 is 17.9 Å². The summed E-state index contributed by atoms with van der Waals surface area (Å²) < 4.78 is 0. The minimum absolute atomic E-state index is 0.176. The molecule has 110 valence electrons. The zero-order valence-electron chi connectivity index (χ0n) is 11.1. The molecule has 1 saturated heterocycles. The summed E-state index contributed by atoms with van der Waals surface area (Å²) in [5.74, 6) is -1.22. The van der Waals surface area contributed by atoms with E-state index in [1.165, 1.54) is 0 Å². The van der Waals surface area contributed by atoms with Gasteiger partial charge in [0.05, 0.1) is 5.92 Å². The smallest absolute Gasteiger partial charge is 0.311 e. The molecule has 1 aromatic rings. The molecular formula is C14H14N2O4S. The van der Waals surface area contributed by atoms with Gasteiger partial charge in [-0.1, -0.05) is 30.0 Å². The highest BCUT2D eigenvalue weighted by molar-refractivity contribution is 8.14. The molecule has 2 amide bonds. The fraction of sp³-hybridized carbons (Fsp3) is 0.357. The Balaban J connectivity index is 1.90. The average molecular weight is 306 g/mol. The van der Waals surface area contributed by atoms with Crippen LogP contribution in [0, 0.1) is 0 Å². The predicted molar refractivity (Wildman–Crippen MR) is 78.6 cm³/mol. The van der Waals surface area contributed by atoms with E-state index in [4.69, 9.17) is 0 Å². The Morgan fingerprint density at radius 1 is 1.33 bits per heavy atom. The Hall–Kier alpha value is -2.02. The third kappa shape index (κ3) is 2.49. The molecule has 7 heteroatoms. The summed E-state index contributed by atoms with van der Waals surface area (Å²) in [6.45, 7) is 0.351. The zero-order chi connectivity index (χ0) is 15.0. The van der Waals surface area contributed by atoms with E-state index in [1.807, 2.05) is 0 Å². The maximum atomic E-state index is 12.5. The molecule has 0 aliphatic carbocycles. The molecule has 21 heavy (non-hydrogen) atoms. The zero-order valence-corrected chi connectivity index (χ0v) is 11.9. The summed E-state index contributed by atoms with van der Waals surface area (Å²) >= 11 is 1.09. The van der Waals surface area contributed by atoms with Crippen LogP contribution in [0.2, 0.25) is 0 Å². The van der Waals surface area contributed by atoms with E-state index in [0.29, 0.717) is 30.0 Å². The van der Waals surface area contributed by atoms with Crippen molar-refractivity contribution >= 4 is 34.6 Å². The van der Waals surface area contributed by atoms with E-state index in [2.05, 4.69) is 5.32 Å². The Bertz CT molecular complexity index is 619. The summed E-state index contributed by atoms with van der Waals surface area (Å²) in [7, 11) is 0. The number of carboxylic acid groups (broad SMARTS) is 1. The molecule has 0 radical (unpaired) electrons. The fourth-order valence-electron chi connectivity index (χ4n) is 2.75. The highest BCUT2D eigenvalue weighted by Gasteiger charge is 2.37. The Kier molecular flexibility index (Phi) is 3.59. The van der Waals surface area contributed by atoms with Crippen molar-refractivity contribution in [3.8, 4) is 0 Å². The molecule has 1 fully saturated rings. The van der Waals surface area contributed by atoms with Gasteiger partial charge >= 0.3 is 5.97 Å². The summed E-state index contributed by atoms with van der Waals surface area (Å²) in [5.41, 5.74) is 1.29. The molecule has 3 rings (SSSR count). The first-order valence-electron chi connectivity index (χ1n) is 6.64. The van der Waals surface area contributed by atoms with Gasteiger partial charge in [-0.2, -0.15) is 0 Å².